The van der Waals surface area contributed by atoms with E-state index in [2.05, 4.69) is 33.2 Å². The van der Waals surface area contributed by atoms with E-state index in [1.807, 2.05) is 26.0 Å². The van der Waals surface area contributed by atoms with Gasteiger partial charge in [-0.2, -0.15) is 0 Å². The van der Waals surface area contributed by atoms with Crippen molar-refractivity contribution in [1.82, 2.24) is 10.2 Å². The van der Waals surface area contributed by atoms with Gasteiger partial charge in [0.1, 0.15) is 24.7 Å². The molecule has 4 amide bonds. The largest absolute Gasteiger partial charge is 0.490 e. The first kappa shape index (κ1) is 27.1. The minimum atomic E-state index is -0.681. The molecule has 1 fully saturated rings. The van der Waals surface area contributed by atoms with Crippen LogP contribution in [-0.2, 0) is 16.2 Å². The Morgan fingerprint density at radius 2 is 1.79 bits per heavy atom. The number of carbonyl (C=O) groups is 3. The minimum Gasteiger partial charge on any atom is -0.490 e. The second-order valence-electron chi connectivity index (χ2n) is 8.47. The molecule has 1 heterocycles. The van der Waals surface area contributed by atoms with Gasteiger partial charge in [0.25, 0.3) is 5.91 Å². The molecule has 0 bridgehead atoms. The second kappa shape index (κ2) is 12.1. The number of carbonyl (C=O) groups excluding carboxylic acids is 3. The summed E-state index contributed by atoms with van der Waals surface area (Å²) >= 11 is 2.10. The number of benzene rings is 3. The Morgan fingerprint density at radius 3 is 2.47 bits per heavy atom. The molecule has 0 saturated carbocycles. The second-order valence-corrected chi connectivity index (χ2v) is 9.63. The third kappa shape index (κ3) is 6.68. The monoisotopic (exact) mass is 629 g/mol. The summed E-state index contributed by atoms with van der Waals surface area (Å²) in [4.78, 5) is 38.6. The fraction of sp³-hybridized carbons (Fsp3) is 0.179. The molecule has 8 nitrogen and oxygen atoms in total. The van der Waals surface area contributed by atoms with E-state index in [-0.39, 0.29) is 18.1 Å². The van der Waals surface area contributed by atoms with Crippen LogP contribution in [0.3, 0.4) is 0 Å². The maximum atomic E-state index is 13.2. The van der Waals surface area contributed by atoms with E-state index >= 15 is 0 Å². The van der Waals surface area contributed by atoms with Gasteiger partial charge in [-0.1, -0.05) is 29.8 Å². The highest BCUT2D eigenvalue weighted by Gasteiger charge is 2.35. The summed E-state index contributed by atoms with van der Waals surface area (Å²) < 4.78 is 25.6. The summed E-state index contributed by atoms with van der Waals surface area (Å²) in [6, 6.07) is 16.0. The Kier molecular flexibility index (Phi) is 8.62. The summed E-state index contributed by atoms with van der Waals surface area (Å²) in [6.07, 6.45) is 1.52. The molecular weight excluding hydrogens is 604 g/mol. The topological polar surface area (TPSA) is 97.0 Å². The van der Waals surface area contributed by atoms with Crippen molar-refractivity contribution < 1.29 is 28.2 Å². The van der Waals surface area contributed by atoms with Crippen LogP contribution in [0.1, 0.15) is 23.6 Å². The predicted octanol–water partition coefficient (Wildman–Crippen LogP) is 5.25. The average molecular weight is 629 g/mol. The standard InChI is InChI=1S/C28H25FIN3O5/c1-3-37-24-14-19(12-22(30)26(24)38-16-18-6-8-20(29)9-7-18)13-23-27(35)33(28(36)32-23)15-25(34)31-21-10-4-17(2)5-11-21/h4-14H,3,15-16H2,1-2H3,(H,31,34)(H,32,36)/b23-13+. The van der Waals surface area contributed by atoms with Crippen LogP contribution in [0.15, 0.2) is 66.4 Å². The molecule has 3 aromatic rings. The SMILES string of the molecule is CCOc1cc(/C=C2/NC(=O)N(CC(=O)Nc3ccc(C)cc3)C2=O)cc(I)c1OCc1ccc(F)cc1. The molecule has 1 aliphatic heterocycles. The molecule has 10 heteroatoms. The quantitative estimate of drug-likeness (QED) is 0.192. The van der Waals surface area contributed by atoms with Crippen LogP contribution in [0.2, 0.25) is 0 Å². The summed E-state index contributed by atoms with van der Waals surface area (Å²) in [6.45, 7) is 3.93. The Bertz CT molecular complexity index is 1390. The van der Waals surface area contributed by atoms with Crippen molar-refractivity contribution in [3.05, 3.63) is 92.4 Å². The lowest BCUT2D eigenvalue weighted by atomic mass is 10.1. The number of hydrogen-bond donors (Lipinski definition) is 2. The number of rotatable bonds is 9. The summed E-state index contributed by atoms with van der Waals surface area (Å²) in [5.74, 6) is -0.461. The van der Waals surface area contributed by atoms with E-state index < -0.39 is 24.4 Å². The highest BCUT2D eigenvalue weighted by atomic mass is 127. The molecular formula is C28H25FIN3O5. The van der Waals surface area contributed by atoms with Crippen LogP contribution >= 0.6 is 22.6 Å². The van der Waals surface area contributed by atoms with Crippen molar-refractivity contribution in [2.75, 3.05) is 18.5 Å². The molecule has 196 valence electrons. The molecule has 4 rings (SSSR count). The minimum absolute atomic E-state index is 0.0383. The normalized spacial score (nSPS) is 14.0. The van der Waals surface area contributed by atoms with Gasteiger partial charge in [-0.3, -0.25) is 9.59 Å². The van der Waals surface area contributed by atoms with Crippen molar-refractivity contribution in [3.63, 3.8) is 0 Å². The Labute approximate surface area is 232 Å². The van der Waals surface area contributed by atoms with E-state index in [1.54, 1.807) is 36.4 Å². The smallest absolute Gasteiger partial charge is 0.329 e. The van der Waals surface area contributed by atoms with Crippen molar-refractivity contribution in [3.8, 4) is 11.5 Å². The number of ether oxygens (including phenoxy) is 2. The van der Waals surface area contributed by atoms with Gasteiger partial charge >= 0.3 is 6.03 Å². The summed E-state index contributed by atoms with van der Waals surface area (Å²) in [5, 5.41) is 5.21. The molecule has 0 aliphatic carbocycles. The molecule has 0 radical (unpaired) electrons. The Balaban J connectivity index is 1.48. The van der Waals surface area contributed by atoms with E-state index in [9.17, 15) is 18.8 Å². The van der Waals surface area contributed by atoms with Crippen LogP contribution in [0.5, 0.6) is 11.5 Å². The highest BCUT2D eigenvalue weighted by molar-refractivity contribution is 14.1. The van der Waals surface area contributed by atoms with Crippen molar-refractivity contribution >= 4 is 52.2 Å². The number of hydrogen-bond acceptors (Lipinski definition) is 5. The van der Waals surface area contributed by atoms with Crippen molar-refractivity contribution in [2.24, 2.45) is 0 Å². The number of urea groups is 1. The van der Waals surface area contributed by atoms with Gasteiger partial charge in [0.15, 0.2) is 11.5 Å². The van der Waals surface area contributed by atoms with Gasteiger partial charge in [-0.05, 0) is 90.0 Å². The molecule has 1 saturated heterocycles. The van der Waals surface area contributed by atoms with E-state index in [0.717, 1.165) is 16.0 Å². The third-order valence-corrected chi connectivity index (χ3v) is 6.34. The molecule has 0 spiro atoms. The fourth-order valence-corrected chi connectivity index (χ4v) is 4.45. The van der Waals surface area contributed by atoms with Crippen LogP contribution in [0.25, 0.3) is 6.08 Å². The molecule has 0 aromatic heterocycles. The summed E-state index contributed by atoms with van der Waals surface area (Å²) in [7, 11) is 0. The lowest BCUT2D eigenvalue weighted by Gasteiger charge is -2.15. The zero-order chi connectivity index (χ0) is 27.2. The van der Waals surface area contributed by atoms with Crippen LogP contribution in [-0.4, -0.2) is 35.9 Å². The van der Waals surface area contributed by atoms with Crippen molar-refractivity contribution in [1.29, 1.82) is 0 Å². The zero-order valence-corrected chi connectivity index (χ0v) is 22.9. The maximum Gasteiger partial charge on any atom is 0.329 e. The molecule has 2 N–H and O–H groups in total. The van der Waals surface area contributed by atoms with Gasteiger partial charge < -0.3 is 20.1 Å². The van der Waals surface area contributed by atoms with Gasteiger partial charge in [0.2, 0.25) is 5.91 Å². The fourth-order valence-electron chi connectivity index (χ4n) is 3.67. The highest BCUT2D eigenvalue weighted by Crippen LogP contribution is 2.35. The number of aryl methyl sites for hydroxylation is 1. The maximum absolute atomic E-state index is 13.2. The van der Waals surface area contributed by atoms with Crippen LogP contribution in [0.4, 0.5) is 14.9 Å². The lowest BCUT2D eigenvalue weighted by Crippen LogP contribution is -2.38. The molecule has 0 atom stereocenters. The van der Waals surface area contributed by atoms with E-state index in [1.165, 1.54) is 18.2 Å². The van der Waals surface area contributed by atoms with Gasteiger partial charge in [0.05, 0.1) is 10.2 Å². The first-order chi connectivity index (χ1) is 18.2. The van der Waals surface area contributed by atoms with Crippen LogP contribution in [0, 0.1) is 16.3 Å². The number of anilines is 1. The number of halogens is 2. The van der Waals surface area contributed by atoms with E-state index in [4.69, 9.17) is 9.47 Å². The first-order valence-corrected chi connectivity index (χ1v) is 12.9. The molecule has 3 aromatic carbocycles. The number of amides is 4. The van der Waals surface area contributed by atoms with Crippen molar-refractivity contribution in [2.45, 2.75) is 20.5 Å². The molecule has 0 unspecified atom stereocenters. The first-order valence-electron chi connectivity index (χ1n) is 11.8. The summed E-state index contributed by atoms with van der Waals surface area (Å²) in [5.41, 5.74) is 3.05. The van der Waals surface area contributed by atoms with Gasteiger partial charge in [0, 0.05) is 5.69 Å². The number of nitrogens with one attached hydrogen (secondary N) is 2. The van der Waals surface area contributed by atoms with Gasteiger partial charge in [-0.15, -0.1) is 0 Å². The Morgan fingerprint density at radius 1 is 1.08 bits per heavy atom. The number of nitrogens with zero attached hydrogens (tertiary/aromatic N) is 1. The predicted molar refractivity (Wildman–Crippen MR) is 149 cm³/mol. The van der Waals surface area contributed by atoms with Gasteiger partial charge in [-0.25, -0.2) is 14.1 Å². The third-order valence-electron chi connectivity index (χ3n) is 5.54. The molecule has 38 heavy (non-hydrogen) atoms. The molecule has 1 aliphatic rings. The Hall–Kier alpha value is -3.93. The number of imide groups is 1. The van der Waals surface area contributed by atoms with E-state index in [0.29, 0.717) is 32.9 Å². The zero-order valence-electron chi connectivity index (χ0n) is 20.7. The average Bonchev–Trinajstić information content (AvgIpc) is 3.13. The van der Waals surface area contributed by atoms with Crippen LogP contribution < -0.4 is 20.1 Å². The lowest BCUT2D eigenvalue weighted by molar-refractivity contribution is -0.127.